The molecule has 1 N–H and O–H groups in total. The first kappa shape index (κ1) is 19.0. The molecule has 1 aromatic heterocycles. The van der Waals surface area contributed by atoms with Gasteiger partial charge >= 0.3 is 5.97 Å². The van der Waals surface area contributed by atoms with Crippen molar-refractivity contribution in [3.05, 3.63) is 50.9 Å². The van der Waals surface area contributed by atoms with E-state index >= 15 is 0 Å². The van der Waals surface area contributed by atoms with Gasteiger partial charge in [-0.1, -0.05) is 17.7 Å². The number of thiophene rings is 1. The highest BCUT2D eigenvalue weighted by Crippen LogP contribution is 2.34. The van der Waals surface area contributed by atoms with Crippen molar-refractivity contribution in [3.63, 3.8) is 0 Å². The molecule has 8 heteroatoms. The van der Waals surface area contributed by atoms with Crippen LogP contribution in [-0.4, -0.2) is 43.9 Å². The van der Waals surface area contributed by atoms with Crippen molar-refractivity contribution >= 4 is 45.7 Å². The van der Waals surface area contributed by atoms with E-state index in [1.54, 1.807) is 39.2 Å². The van der Waals surface area contributed by atoms with E-state index in [0.29, 0.717) is 21.0 Å². The van der Waals surface area contributed by atoms with Crippen molar-refractivity contribution in [1.82, 2.24) is 4.90 Å². The molecule has 0 spiro atoms. The van der Waals surface area contributed by atoms with Crippen molar-refractivity contribution < 1.29 is 19.1 Å². The Kier molecular flexibility index (Phi) is 5.81. The molecule has 0 saturated carbocycles. The summed E-state index contributed by atoms with van der Waals surface area (Å²) >= 11 is 6.94. The molecule has 1 aromatic carbocycles. The molecule has 0 bridgehead atoms. The third-order valence-corrected chi connectivity index (χ3v) is 4.88. The van der Waals surface area contributed by atoms with E-state index in [1.807, 2.05) is 0 Å². The number of methoxy groups -OCH3 is 1. The maximum absolute atomic E-state index is 12.4. The number of halogens is 1. The summed E-state index contributed by atoms with van der Waals surface area (Å²) in [6.45, 7) is 1.65. The lowest BCUT2D eigenvalue weighted by atomic mass is 10.1. The summed E-state index contributed by atoms with van der Waals surface area (Å²) in [6, 6.07) is 6.42. The minimum absolute atomic E-state index is 0.174. The minimum Gasteiger partial charge on any atom is -0.465 e. The average Bonchev–Trinajstić information content (AvgIpc) is 2.89. The van der Waals surface area contributed by atoms with E-state index in [2.05, 4.69) is 5.32 Å². The van der Waals surface area contributed by atoms with Crippen LogP contribution < -0.4 is 5.32 Å². The number of benzene rings is 1. The number of rotatable bonds is 4. The van der Waals surface area contributed by atoms with Crippen molar-refractivity contribution in [2.75, 3.05) is 26.5 Å². The van der Waals surface area contributed by atoms with E-state index in [4.69, 9.17) is 16.3 Å². The van der Waals surface area contributed by atoms with E-state index in [-0.39, 0.29) is 16.5 Å². The van der Waals surface area contributed by atoms with Gasteiger partial charge in [0.2, 0.25) is 0 Å². The molecule has 0 aliphatic heterocycles. The van der Waals surface area contributed by atoms with Crippen LogP contribution in [0, 0.1) is 6.92 Å². The van der Waals surface area contributed by atoms with Crippen LogP contribution in [-0.2, 0) is 4.74 Å². The highest BCUT2D eigenvalue weighted by atomic mass is 35.5. The van der Waals surface area contributed by atoms with Crippen LogP contribution in [0.25, 0.3) is 0 Å². The van der Waals surface area contributed by atoms with Gasteiger partial charge < -0.3 is 15.0 Å². The number of ether oxygens (including phenoxy) is 1. The fourth-order valence-electron chi connectivity index (χ4n) is 2.16. The van der Waals surface area contributed by atoms with Crippen molar-refractivity contribution in [3.8, 4) is 0 Å². The summed E-state index contributed by atoms with van der Waals surface area (Å²) in [5.74, 6) is -1.30. The number of anilines is 1. The van der Waals surface area contributed by atoms with Crippen molar-refractivity contribution in [2.45, 2.75) is 6.92 Å². The topological polar surface area (TPSA) is 75.7 Å². The van der Waals surface area contributed by atoms with E-state index in [9.17, 15) is 14.4 Å². The highest BCUT2D eigenvalue weighted by molar-refractivity contribution is 7.18. The van der Waals surface area contributed by atoms with Crippen LogP contribution >= 0.6 is 22.9 Å². The Labute approximate surface area is 154 Å². The standard InChI is InChI=1S/C17H17ClN2O4S/c1-9-12(17(23)24-4)15(25-13(9)16(22)20(2)3)19-14(21)10-6-5-7-11(18)8-10/h5-8H,1-4H3,(H,19,21). The summed E-state index contributed by atoms with van der Waals surface area (Å²) in [6.07, 6.45) is 0. The molecule has 132 valence electrons. The first-order chi connectivity index (χ1) is 11.8. The van der Waals surface area contributed by atoms with Gasteiger partial charge in [-0.25, -0.2) is 4.79 Å². The lowest BCUT2D eigenvalue weighted by molar-refractivity contribution is 0.0601. The quantitative estimate of drug-likeness (QED) is 0.824. The summed E-state index contributed by atoms with van der Waals surface area (Å²) in [5, 5.41) is 3.36. The van der Waals surface area contributed by atoms with Gasteiger partial charge in [-0.2, -0.15) is 0 Å². The second kappa shape index (κ2) is 7.67. The molecular formula is C17H17ClN2O4S. The first-order valence-electron chi connectivity index (χ1n) is 7.26. The molecule has 0 unspecified atom stereocenters. The molecule has 2 rings (SSSR count). The predicted octanol–water partition coefficient (Wildman–Crippen LogP) is 3.45. The fourth-order valence-corrected chi connectivity index (χ4v) is 3.56. The van der Waals surface area contributed by atoms with E-state index in [0.717, 1.165) is 11.3 Å². The average molecular weight is 381 g/mol. The maximum atomic E-state index is 12.4. The molecule has 2 amide bonds. The molecule has 0 fully saturated rings. The molecular weight excluding hydrogens is 364 g/mol. The Balaban J connectivity index is 2.45. The number of nitrogens with zero attached hydrogens (tertiary/aromatic N) is 1. The monoisotopic (exact) mass is 380 g/mol. The number of carbonyl (C=O) groups excluding carboxylic acids is 3. The Morgan fingerprint density at radius 1 is 1.24 bits per heavy atom. The third kappa shape index (κ3) is 4.00. The SMILES string of the molecule is COC(=O)c1c(NC(=O)c2cccc(Cl)c2)sc(C(=O)N(C)C)c1C. The Hall–Kier alpha value is -2.38. The number of esters is 1. The summed E-state index contributed by atoms with van der Waals surface area (Å²) in [4.78, 5) is 38.6. The van der Waals surface area contributed by atoms with Gasteiger partial charge in [0.1, 0.15) is 5.00 Å². The van der Waals surface area contributed by atoms with Crippen LogP contribution in [0.15, 0.2) is 24.3 Å². The second-order valence-electron chi connectivity index (χ2n) is 5.42. The van der Waals surface area contributed by atoms with Crippen molar-refractivity contribution in [1.29, 1.82) is 0 Å². The van der Waals surface area contributed by atoms with Crippen LogP contribution in [0.3, 0.4) is 0 Å². The van der Waals surface area contributed by atoms with Crippen LogP contribution in [0.5, 0.6) is 0 Å². The molecule has 1 heterocycles. The number of hydrogen-bond donors (Lipinski definition) is 1. The van der Waals surface area contributed by atoms with Gasteiger partial charge in [-0.3, -0.25) is 9.59 Å². The van der Waals surface area contributed by atoms with Crippen LogP contribution in [0.2, 0.25) is 5.02 Å². The zero-order valence-electron chi connectivity index (χ0n) is 14.2. The number of hydrogen-bond acceptors (Lipinski definition) is 5. The summed E-state index contributed by atoms with van der Waals surface area (Å²) in [7, 11) is 4.47. The van der Waals surface area contributed by atoms with E-state index < -0.39 is 11.9 Å². The van der Waals surface area contributed by atoms with Gasteiger partial charge in [-0.05, 0) is 30.7 Å². The lowest BCUT2D eigenvalue weighted by Gasteiger charge is -2.08. The summed E-state index contributed by atoms with van der Waals surface area (Å²) < 4.78 is 4.79. The van der Waals surface area contributed by atoms with Crippen molar-refractivity contribution in [2.24, 2.45) is 0 Å². The van der Waals surface area contributed by atoms with Gasteiger partial charge in [0.05, 0.1) is 17.6 Å². The molecule has 25 heavy (non-hydrogen) atoms. The Bertz CT molecular complexity index is 845. The van der Waals surface area contributed by atoms with Crippen LogP contribution in [0.1, 0.15) is 36.0 Å². The van der Waals surface area contributed by atoms with Gasteiger partial charge in [0.15, 0.2) is 0 Å². The van der Waals surface area contributed by atoms with Crippen LogP contribution in [0.4, 0.5) is 5.00 Å². The minimum atomic E-state index is -0.618. The predicted molar refractivity (Wildman–Crippen MR) is 97.8 cm³/mol. The second-order valence-corrected chi connectivity index (χ2v) is 6.87. The molecule has 0 aliphatic rings. The Morgan fingerprint density at radius 2 is 1.92 bits per heavy atom. The largest absolute Gasteiger partial charge is 0.465 e. The molecule has 6 nitrogen and oxygen atoms in total. The molecule has 0 radical (unpaired) electrons. The lowest BCUT2D eigenvalue weighted by Crippen LogP contribution is -2.21. The summed E-state index contributed by atoms with van der Waals surface area (Å²) in [5.41, 5.74) is 0.986. The van der Waals surface area contributed by atoms with Gasteiger partial charge in [0, 0.05) is 24.7 Å². The van der Waals surface area contributed by atoms with Gasteiger partial charge in [0.25, 0.3) is 11.8 Å². The fraction of sp³-hybridized carbons (Fsp3) is 0.235. The molecule has 2 aromatic rings. The van der Waals surface area contributed by atoms with E-state index in [1.165, 1.54) is 18.1 Å². The molecule has 0 atom stereocenters. The number of nitrogens with one attached hydrogen (secondary N) is 1. The molecule has 0 aliphatic carbocycles. The van der Waals surface area contributed by atoms with Gasteiger partial charge in [-0.15, -0.1) is 11.3 Å². The number of amides is 2. The first-order valence-corrected chi connectivity index (χ1v) is 8.46. The zero-order valence-corrected chi connectivity index (χ0v) is 15.7. The zero-order chi connectivity index (χ0) is 18.7. The maximum Gasteiger partial charge on any atom is 0.341 e. The normalized spacial score (nSPS) is 10.3. The Morgan fingerprint density at radius 3 is 2.48 bits per heavy atom. The highest BCUT2D eigenvalue weighted by Gasteiger charge is 2.27. The third-order valence-electron chi connectivity index (χ3n) is 3.45. The molecule has 0 saturated heterocycles. The smallest absolute Gasteiger partial charge is 0.341 e. The number of carbonyl (C=O) groups is 3.